The molecule has 1 aliphatic carbocycles. The number of anilines is 1. The first-order valence-corrected chi connectivity index (χ1v) is 7.75. The predicted molar refractivity (Wildman–Crippen MR) is 81.7 cm³/mol. The molecule has 118 valence electrons. The summed E-state index contributed by atoms with van der Waals surface area (Å²) >= 11 is 0. The molecule has 2 amide bonds. The van der Waals surface area contributed by atoms with Crippen molar-refractivity contribution in [3.8, 4) is 5.75 Å². The van der Waals surface area contributed by atoms with Gasteiger partial charge in [-0.05, 0) is 31.9 Å². The molecule has 0 spiro atoms. The number of nitrogens with one attached hydrogen (secondary N) is 1. The monoisotopic (exact) mass is 303 g/mol. The molecule has 1 fully saturated rings. The second-order valence-electron chi connectivity index (χ2n) is 6.13. The van der Waals surface area contributed by atoms with Crippen molar-refractivity contribution >= 4 is 17.6 Å². The summed E-state index contributed by atoms with van der Waals surface area (Å²) in [6.07, 6.45) is 6.96. The first kappa shape index (κ1) is 14.8. The van der Waals surface area contributed by atoms with Crippen LogP contribution in [0.15, 0.2) is 18.3 Å². The highest BCUT2D eigenvalue weighted by atomic mass is 16.5. The highest BCUT2D eigenvalue weighted by molar-refractivity contribution is 6.15. The van der Waals surface area contributed by atoms with Gasteiger partial charge in [-0.2, -0.15) is 0 Å². The Labute approximate surface area is 129 Å². The highest BCUT2D eigenvalue weighted by Gasteiger charge is 2.50. The number of likely N-dealkylation sites (N-methyl/N-ethyl adjacent to an activating group) is 1. The SMILES string of the molecule is CN1C(=O)[C@](C)(C(=O)NC2CCCCC2)Oc2cccnc21. The standard InChI is InChI=1S/C16H21N3O3/c1-16(14(20)18-11-7-4-3-5-8-11)15(21)19(2)13-12(22-16)9-6-10-17-13/h6,9-11H,3-5,7-8H2,1-2H3,(H,18,20)/t16-/m0/s1. The molecule has 1 N–H and O–H groups in total. The fraction of sp³-hybridized carbons (Fsp3) is 0.562. The van der Waals surface area contributed by atoms with E-state index in [0.717, 1.165) is 25.7 Å². The van der Waals surface area contributed by atoms with Crippen molar-refractivity contribution in [1.29, 1.82) is 0 Å². The minimum atomic E-state index is -1.54. The zero-order chi connectivity index (χ0) is 15.7. The maximum absolute atomic E-state index is 12.6. The Morgan fingerprint density at radius 3 is 2.86 bits per heavy atom. The zero-order valence-electron chi connectivity index (χ0n) is 13.0. The number of pyridine rings is 1. The third-order valence-electron chi connectivity index (χ3n) is 4.47. The van der Waals surface area contributed by atoms with Crippen LogP contribution < -0.4 is 15.0 Å². The fourth-order valence-corrected chi connectivity index (χ4v) is 3.11. The molecule has 6 nitrogen and oxygen atoms in total. The summed E-state index contributed by atoms with van der Waals surface area (Å²) < 4.78 is 5.74. The van der Waals surface area contributed by atoms with Gasteiger partial charge in [0.1, 0.15) is 0 Å². The molecule has 6 heteroatoms. The Morgan fingerprint density at radius 1 is 1.41 bits per heavy atom. The van der Waals surface area contributed by atoms with Crippen LogP contribution in [0.4, 0.5) is 5.82 Å². The van der Waals surface area contributed by atoms with Crippen LogP contribution in [0.5, 0.6) is 5.75 Å². The normalized spacial score (nSPS) is 25.4. The van der Waals surface area contributed by atoms with Gasteiger partial charge in [-0.3, -0.25) is 14.5 Å². The molecule has 1 aromatic heterocycles. The lowest BCUT2D eigenvalue weighted by Gasteiger charge is -2.38. The molecular formula is C16H21N3O3. The van der Waals surface area contributed by atoms with E-state index in [9.17, 15) is 9.59 Å². The number of hydrogen-bond acceptors (Lipinski definition) is 4. The lowest BCUT2D eigenvalue weighted by atomic mass is 9.94. The number of amides is 2. The number of nitrogens with zero attached hydrogens (tertiary/aromatic N) is 2. The summed E-state index contributed by atoms with van der Waals surface area (Å²) in [6, 6.07) is 3.58. The first-order valence-electron chi connectivity index (χ1n) is 7.75. The van der Waals surface area contributed by atoms with Crippen LogP contribution in [0.1, 0.15) is 39.0 Å². The van der Waals surface area contributed by atoms with Crippen LogP contribution >= 0.6 is 0 Å². The van der Waals surface area contributed by atoms with E-state index in [1.54, 1.807) is 25.4 Å². The van der Waals surface area contributed by atoms with E-state index in [1.807, 2.05) is 0 Å². The van der Waals surface area contributed by atoms with Gasteiger partial charge in [0.25, 0.3) is 17.4 Å². The minimum Gasteiger partial charge on any atom is -0.464 e. The first-order chi connectivity index (χ1) is 10.5. The molecule has 3 rings (SSSR count). The molecule has 0 saturated heterocycles. The highest BCUT2D eigenvalue weighted by Crippen LogP contribution is 2.35. The summed E-state index contributed by atoms with van der Waals surface area (Å²) in [6.45, 7) is 1.53. The quantitative estimate of drug-likeness (QED) is 0.843. The van der Waals surface area contributed by atoms with Gasteiger partial charge in [-0.15, -0.1) is 0 Å². The molecule has 2 heterocycles. The number of carbonyl (C=O) groups is 2. The molecule has 1 saturated carbocycles. The molecule has 0 unspecified atom stereocenters. The molecule has 1 aliphatic heterocycles. The van der Waals surface area contributed by atoms with Crippen LogP contribution in [-0.4, -0.2) is 35.5 Å². The Kier molecular flexibility index (Phi) is 3.76. The fourth-order valence-electron chi connectivity index (χ4n) is 3.11. The predicted octanol–water partition coefficient (Wildman–Crippen LogP) is 1.64. The Balaban J connectivity index is 1.82. The Bertz CT molecular complexity index is 598. The van der Waals surface area contributed by atoms with Crippen LogP contribution in [0.2, 0.25) is 0 Å². The van der Waals surface area contributed by atoms with Crippen molar-refractivity contribution in [2.75, 3.05) is 11.9 Å². The van der Waals surface area contributed by atoms with Gasteiger partial charge in [-0.25, -0.2) is 4.98 Å². The van der Waals surface area contributed by atoms with Gasteiger partial charge in [0.05, 0.1) is 0 Å². The van der Waals surface area contributed by atoms with Crippen molar-refractivity contribution in [3.63, 3.8) is 0 Å². The number of hydrogen-bond donors (Lipinski definition) is 1. The van der Waals surface area contributed by atoms with Crippen molar-refractivity contribution < 1.29 is 14.3 Å². The van der Waals surface area contributed by atoms with E-state index < -0.39 is 11.5 Å². The van der Waals surface area contributed by atoms with Crippen molar-refractivity contribution in [3.05, 3.63) is 18.3 Å². The molecule has 0 bridgehead atoms. The van der Waals surface area contributed by atoms with Crippen LogP contribution in [0.3, 0.4) is 0 Å². The van der Waals surface area contributed by atoms with Gasteiger partial charge >= 0.3 is 0 Å². The zero-order valence-corrected chi connectivity index (χ0v) is 13.0. The second kappa shape index (κ2) is 5.59. The molecule has 1 atom stereocenters. The Morgan fingerprint density at radius 2 is 2.14 bits per heavy atom. The maximum atomic E-state index is 12.6. The average molecular weight is 303 g/mol. The third kappa shape index (κ3) is 2.42. The van der Waals surface area contributed by atoms with Crippen molar-refractivity contribution in [1.82, 2.24) is 10.3 Å². The molecule has 0 radical (unpaired) electrons. The van der Waals surface area contributed by atoms with Gasteiger partial charge in [0, 0.05) is 19.3 Å². The van der Waals surface area contributed by atoms with E-state index in [4.69, 9.17) is 4.74 Å². The van der Waals surface area contributed by atoms with Crippen molar-refractivity contribution in [2.24, 2.45) is 0 Å². The topological polar surface area (TPSA) is 71.5 Å². The lowest BCUT2D eigenvalue weighted by Crippen LogP contribution is -2.62. The number of aromatic nitrogens is 1. The summed E-state index contributed by atoms with van der Waals surface area (Å²) in [7, 11) is 1.61. The average Bonchev–Trinajstić information content (AvgIpc) is 2.54. The summed E-state index contributed by atoms with van der Waals surface area (Å²) in [5.74, 6) is 0.124. The van der Waals surface area contributed by atoms with Crippen molar-refractivity contribution in [2.45, 2.75) is 50.7 Å². The Hall–Kier alpha value is -2.11. The molecule has 22 heavy (non-hydrogen) atoms. The second-order valence-corrected chi connectivity index (χ2v) is 6.13. The van der Waals surface area contributed by atoms with E-state index in [0.29, 0.717) is 11.6 Å². The summed E-state index contributed by atoms with van der Waals surface area (Å²) in [5, 5.41) is 2.98. The van der Waals surface area contributed by atoms with E-state index in [2.05, 4.69) is 10.3 Å². The number of ether oxygens (including phenoxy) is 1. The van der Waals surface area contributed by atoms with E-state index in [-0.39, 0.29) is 11.9 Å². The van der Waals surface area contributed by atoms with E-state index in [1.165, 1.54) is 18.2 Å². The van der Waals surface area contributed by atoms with Gasteiger partial charge in [0.15, 0.2) is 11.6 Å². The molecular weight excluding hydrogens is 282 g/mol. The largest absolute Gasteiger partial charge is 0.464 e. The number of rotatable bonds is 2. The van der Waals surface area contributed by atoms with Gasteiger partial charge in [-0.1, -0.05) is 19.3 Å². The van der Waals surface area contributed by atoms with Crippen LogP contribution in [-0.2, 0) is 9.59 Å². The molecule has 1 aromatic rings. The van der Waals surface area contributed by atoms with E-state index >= 15 is 0 Å². The molecule has 2 aliphatic rings. The smallest absolute Gasteiger partial charge is 0.281 e. The minimum absolute atomic E-state index is 0.134. The summed E-state index contributed by atoms with van der Waals surface area (Å²) in [4.78, 5) is 30.8. The van der Waals surface area contributed by atoms with Crippen LogP contribution in [0.25, 0.3) is 0 Å². The number of carbonyl (C=O) groups excluding carboxylic acids is 2. The lowest BCUT2D eigenvalue weighted by molar-refractivity contribution is -0.148. The molecule has 0 aromatic carbocycles. The van der Waals surface area contributed by atoms with Gasteiger partial charge < -0.3 is 10.1 Å². The third-order valence-corrected chi connectivity index (χ3v) is 4.47. The van der Waals surface area contributed by atoms with Crippen LogP contribution in [0, 0.1) is 0 Å². The maximum Gasteiger partial charge on any atom is 0.281 e. The number of fused-ring (bicyclic) bond motifs is 1. The summed E-state index contributed by atoms with van der Waals surface area (Å²) in [5.41, 5.74) is -1.54. The van der Waals surface area contributed by atoms with Gasteiger partial charge in [0.2, 0.25) is 0 Å².